The van der Waals surface area contributed by atoms with Crippen molar-refractivity contribution in [1.82, 2.24) is 4.57 Å². The molecule has 2 aliphatic carbocycles. The number of aromatic nitrogens is 1. The van der Waals surface area contributed by atoms with Crippen molar-refractivity contribution in [3.63, 3.8) is 0 Å². The summed E-state index contributed by atoms with van der Waals surface area (Å²) in [5, 5.41) is 7.75. The topological polar surface area (TPSA) is 4.93 Å². The molecule has 0 N–H and O–H groups in total. The first-order chi connectivity index (χ1) is 27.1. The summed E-state index contributed by atoms with van der Waals surface area (Å²) in [4.78, 5) is 0. The fourth-order valence-corrected chi connectivity index (χ4v) is 10.4. The summed E-state index contributed by atoms with van der Waals surface area (Å²) >= 11 is 0. The average Bonchev–Trinajstić information content (AvgIpc) is 3.83. The maximum atomic E-state index is 2.51. The first kappa shape index (κ1) is 30.7. The number of hydrogen-bond donors (Lipinski definition) is 0. The third kappa shape index (κ3) is 4.18. The lowest BCUT2D eigenvalue weighted by Crippen LogP contribution is -2.14. The van der Waals surface area contributed by atoms with Crippen LogP contribution in [0.4, 0.5) is 0 Å². The lowest BCUT2D eigenvalue weighted by Gasteiger charge is -2.21. The second-order valence-electron chi connectivity index (χ2n) is 16.0. The Morgan fingerprint density at radius 3 is 1.91 bits per heavy atom. The molecule has 1 unspecified atom stereocenters. The minimum atomic E-state index is -0.0837. The first-order valence-corrected chi connectivity index (χ1v) is 19.5. The van der Waals surface area contributed by atoms with Gasteiger partial charge in [-0.15, -0.1) is 0 Å². The Morgan fingerprint density at radius 2 is 1.04 bits per heavy atom. The summed E-state index contributed by atoms with van der Waals surface area (Å²) in [6.45, 7) is 4.76. The smallest absolute Gasteiger partial charge is 0.0547 e. The standard InChI is InChI=1S/C54H37N/c1-54(2)46-23-10-9-21-43(46)52-47(54)28-30-50-53(52)45-32-36(26-29-49(45)55(50)48-24-12-16-34-14-4-6-18-38(34)48)35-25-27-42-44(31-35)39-19-7-8-20-41(39)51(42)40-22-11-15-33-13-3-5-17-37(33)40/h3-32,51H,1-2H3. The Bertz CT molecular complexity index is 3230. The Labute approximate surface area is 320 Å². The van der Waals surface area contributed by atoms with Gasteiger partial charge in [0.2, 0.25) is 0 Å². The minimum absolute atomic E-state index is 0.0837. The van der Waals surface area contributed by atoms with E-state index in [1.807, 2.05) is 0 Å². The second kappa shape index (κ2) is 11.2. The zero-order chi connectivity index (χ0) is 36.4. The molecule has 10 aromatic rings. The van der Waals surface area contributed by atoms with Gasteiger partial charge in [0.05, 0.1) is 16.7 Å². The highest BCUT2D eigenvalue weighted by Crippen LogP contribution is 2.54. The molecule has 258 valence electrons. The molecule has 1 atom stereocenters. The largest absolute Gasteiger partial charge is 0.309 e. The molecule has 0 spiro atoms. The third-order valence-electron chi connectivity index (χ3n) is 12.9. The molecule has 1 heteroatoms. The zero-order valence-corrected chi connectivity index (χ0v) is 30.8. The average molecular weight is 700 g/mol. The van der Waals surface area contributed by atoms with Crippen molar-refractivity contribution in [3.8, 4) is 39.1 Å². The van der Waals surface area contributed by atoms with Gasteiger partial charge in [-0.05, 0) is 108 Å². The SMILES string of the molecule is CC1(C)c2ccccc2-c2c1ccc1c2c2cc(-c3ccc4c(c3)-c3ccccc3C4c3cccc4ccccc34)ccc2n1-c1cccc2ccccc12. The van der Waals surface area contributed by atoms with E-state index in [4.69, 9.17) is 0 Å². The molecular weight excluding hydrogens is 663 g/mol. The van der Waals surface area contributed by atoms with E-state index < -0.39 is 0 Å². The molecule has 0 radical (unpaired) electrons. The van der Waals surface area contributed by atoms with Gasteiger partial charge in [-0.1, -0.05) is 166 Å². The molecule has 0 fully saturated rings. The summed E-state index contributed by atoms with van der Waals surface area (Å²) in [5.41, 5.74) is 18.4. The number of fused-ring (bicyclic) bond motifs is 12. The van der Waals surface area contributed by atoms with E-state index in [2.05, 4.69) is 200 Å². The number of rotatable bonds is 3. The van der Waals surface area contributed by atoms with E-state index in [9.17, 15) is 0 Å². The summed E-state index contributed by atoms with van der Waals surface area (Å²) in [6.07, 6.45) is 0. The van der Waals surface area contributed by atoms with Crippen LogP contribution in [0.3, 0.4) is 0 Å². The molecule has 2 aliphatic rings. The van der Waals surface area contributed by atoms with Crippen molar-refractivity contribution in [2.75, 3.05) is 0 Å². The lowest BCUT2D eigenvalue weighted by molar-refractivity contribution is 0.661. The van der Waals surface area contributed by atoms with Gasteiger partial charge >= 0.3 is 0 Å². The van der Waals surface area contributed by atoms with Gasteiger partial charge in [-0.3, -0.25) is 0 Å². The fourth-order valence-electron chi connectivity index (χ4n) is 10.4. The lowest BCUT2D eigenvalue weighted by atomic mass is 9.82. The van der Waals surface area contributed by atoms with E-state index in [0.29, 0.717) is 0 Å². The molecule has 0 saturated heterocycles. The first-order valence-electron chi connectivity index (χ1n) is 19.5. The van der Waals surface area contributed by atoms with E-state index in [-0.39, 0.29) is 11.3 Å². The van der Waals surface area contributed by atoms with Gasteiger partial charge in [-0.2, -0.15) is 0 Å². The molecule has 1 nitrogen and oxygen atoms in total. The van der Waals surface area contributed by atoms with Crippen molar-refractivity contribution in [3.05, 3.63) is 210 Å². The predicted molar refractivity (Wildman–Crippen MR) is 232 cm³/mol. The van der Waals surface area contributed by atoms with Gasteiger partial charge < -0.3 is 4.57 Å². The van der Waals surface area contributed by atoms with Crippen LogP contribution in [-0.4, -0.2) is 4.57 Å². The molecule has 1 heterocycles. The molecule has 55 heavy (non-hydrogen) atoms. The highest BCUT2D eigenvalue weighted by molar-refractivity contribution is 6.19. The summed E-state index contributed by atoms with van der Waals surface area (Å²) in [7, 11) is 0. The maximum Gasteiger partial charge on any atom is 0.0547 e. The Kier molecular flexibility index (Phi) is 6.24. The normalized spacial score (nSPS) is 15.1. The van der Waals surface area contributed by atoms with Crippen LogP contribution in [0, 0.1) is 0 Å². The van der Waals surface area contributed by atoms with Crippen LogP contribution in [0.5, 0.6) is 0 Å². The molecule has 9 aromatic carbocycles. The molecular formula is C54H37N. The third-order valence-corrected chi connectivity index (χ3v) is 12.9. The predicted octanol–water partition coefficient (Wildman–Crippen LogP) is 14.2. The zero-order valence-electron chi connectivity index (χ0n) is 30.8. The van der Waals surface area contributed by atoms with Gasteiger partial charge in [0.1, 0.15) is 0 Å². The molecule has 12 rings (SSSR count). The number of benzene rings is 9. The van der Waals surface area contributed by atoms with Crippen LogP contribution in [0.25, 0.3) is 82.4 Å². The van der Waals surface area contributed by atoms with Gasteiger partial charge in [-0.25, -0.2) is 0 Å². The summed E-state index contributed by atoms with van der Waals surface area (Å²) in [6, 6.07) is 68.3. The van der Waals surface area contributed by atoms with Crippen molar-refractivity contribution in [2.24, 2.45) is 0 Å². The maximum absolute atomic E-state index is 2.51. The van der Waals surface area contributed by atoms with Crippen LogP contribution in [0.15, 0.2) is 182 Å². The van der Waals surface area contributed by atoms with E-state index in [1.165, 1.54) is 110 Å². The van der Waals surface area contributed by atoms with Crippen LogP contribution in [0.1, 0.15) is 47.6 Å². The van der Waals surface area contributed by atoms with Crippen LogP contribution < -0.4 is 0 Å². The van der Waals surface area contributed by atoms with Crippen molar-refractivity contribution >= 4 is 43.4 Å². The van der Waals surface area contributed by atoms with E-state index >= 15 is 0 Å². The number of nitrogens with zero attached hydrogens (tertiary/aromatic N) is 1. The van der Waals surface area contributed by atoms with E-state index in [0.717, 1.165) is 0 Å². The minimum Gasteiger partial charge on any atom is -0.309 e. The molecule has 1 aromatic heterocycles. The monoisotopic (exact) mass is 699 g/mol. The van der Waals surface area contributed by atoms with Crippen molar-refractivity contribution in [1.29, 1.82) is 0 Å². The van der Waals surface area contributed by atoms with Crippen molar-refractivity contribution in [2.45, 2.75) is 25.2 Å². The van der Waals surface area contributed by atoms with Gasteiger partial charge in [0.15, 0.2) is 0 Å². The second-order valence-corrected chi connectivity index (χ2v) is 16.0. The quantitative estimate of drug-likeness (QED) is 0.173. The Hall–Kier alpha value is -6.70. The van der Waals surface area contributed by atoms with Gasteiger partial charge in [0, 0.05) is 27.5 Å². The molecule has 0 bridgehead atoms. The highest BCUT2D eigenvalue weighted by atomic mass is 15.0. The number of hydrogen-bond acceptors (Lipinski definition) is 0. The highest BCUT2D eigenvalue weighted by Gasteiger charge is 2.37. The van der Waals surface area contributed by atoms with Crippen LogP contribution >= 0.6 is 0 Å². The summed E-state index contributed by atoms with van der Waals surface area (Å²) in [5.74, 6) is 0.193. The Balaban J connectivity index is 1.11. The van der Waals surface area contributed by atoms with Crippen LogP contribution in [0.2, 0.25) is 0 Å². The van der Waals surface area contributed by atoms with Crippen LogP contribution in [-0.2, 0) is 5.41 Å². The van der Waals surface area contributed by atoms with Gasteiger partial charge in [0.25, 0.3) is 0 Å². The molecule has 0 saturated carbocycles. The van der Waals surface area contributed by atoms with Crippen molar-refractivity contribution < 1.29 is 0 Å². The molecule has 0 amide bonds. The fraction of sp³-hybridized carbons (Fsp3) is 0.0741. The molecule has 0 aliphatic heterocycles. The van der Waals surface area contributed by atoms with E-state index in [1.54, 1.807) is 0 Å². The summed E-state index contributed by atoms with van der Waals surface area (Å²) < 4.78 is 2.51. The Morgan fingerprint density at radius 1 is 0.418 bits per heavy atom.